The highest BCUT2D eigenvalue weighted by molar-refractivity contribution is 6.18. The van der Waals surface area contributed by atoms with Crippen molar-refractivity contribution < 1.29 is 4.42 Å². The molecule has 2 heteroatoms. The lowest BCUT2D eigenvalue weighted by atomic mass is 9.91. The van der Waals surface area contributed by atoms with Crippen LogP contribution in [0.5, 0.6) is 0 Å². The molecule has 0 unspecified atom stereocenters. The summed E-state index contributed by atoms with van der Waals surface area (Å²) in [5.74, 6) is 0. The number of fused-ring (bicyclic) bond motifs is 9. The molecule has 0 fully saturated rings. The fraction of sp³-hybridized carbons (Fsp3) is 0. The van der Waals surface area contributed by atoms with Crippen molar-refractivity contribution in [1.82, 2.24) is 0 Å². The van der Waals surface area contributed by atoms with E-state index < -0.39 is 0 Å². The Morgan fingerprint density at radius 3 is 1.69 bits per heavy atom. The van der Waals surface area contributed by atoms with Crippen LogP contribution < -0.4 is 4.90 Å². The molecule has 0 saturated heterocycles. The molecular formula is C56H35NO. The van der Waals surface area contributed by atoms with Gasteiger partial charge in [-0.1, -0.05) is 158 Å². The Labute approximate surface area is 335 Å². The largest absolute Gasteiger partial charge is 0.456 e. The second kappa shape index (κ2) is 12.9. The van der Waals surface area contributed by atoms with Crippen LogP contribution in [0.2, 0.25) is 0 Å². The second-order valence-electron chi connectivity index (χ2n) is 15.3. The maximum atomic E-state index is 6.68. The highest BCUT2D eigenvalue weighted by Gasteiger charge is 2.23. The Balaban J connectivity index is 1.15. The van der Waals surface area contributed by atoms with E-state index in [0.29, 0.717) is 0 Å². The number of furan rings is 1. The number of benzene rings is 11. The molecule has 1 aromatic heterocycles. The molecule has 11 aromatic carbocycles. The summed E-state index contributed by atoms with van der Waals surface area (Å²) >= 11 is 0. The summed E-state index contributed by atoms with van der Waals surface area (Å²) in [6, 6.07) is 77.2. The third kappa shape index (κ3) is 5.12. The van der Waals surface area contributed by atoms with Crippen LogP contribution >= 0.6 is 0 Å². The molecule has 0 bridgehead atoms. The quantitative estimate of drug-likeness (QED) is 0.164. The van der Waals surface area contributed by atoms with Crippen LogP contribution in [-0.4, -0.2) is 0 Å². The van der Waals surface area contributed by atoms with Crippen LogP contribution in [0.15, 0.2) is 217 Å². The van der Waals surface area contributed by atoms with Crippen molar-refractivity contribution in [3.05, 3.63) is 212 Å². The molecule has 0 amide bonds. The van der Waals surface area contributed by atoms with E-state index in [2.05, 4.69) is 217 Å². The summed E-state index contributed by atoms with van der Waals surface area (Å²) in [6.07, 6.45) is 0. The van der Waals surface area contributed by atoms with Crippen LogP contribution in [0, 0.1) is 0 Å². The molecule has 12 rings (SSSR count). The van der Waals surface area contributed by atoms with Crippen molar-refractivity contribution >= 4 is 92.9 Å². The van der Waals surface area contributed by atoms with Gasteiger partial charge >= 0.3 is 0 Å². The number of hydrogen-bond acceptors (Lipinski definition) is 2. The van der Waals surface area contributed by atoms with Gasteiger partial charge in [-0.3, -0.25) is 0 Å². The van der Waals surface area contributed by atoms with Gasteiger partial charge in [0, 0.05) is 16.5 Å². The summed E-state index contributed by atoms with van der Waals surface area (Å²) in [6.45, 7) is 0. The third-order valence-electron chi connectivity index (χ3n) is 12.0. The van der Waals surface area contributed by atoms with Crippen molar-refractivity contribution in [3.8, 4) is 22.3 Å². The molecule has 0 atom stereocenters. The van der Waals surface area contributed by atoms with E-state index in [0.717, 1.165) is 44.4 Å². The van der Waals surface area contributed by atoms with Gasteiger partial charge in [0.1, 0.15) is 11.2 Å². The van der Waals surface area contributed by atoms with Gasteiger partial charge in [-0.15, -0.1) is 0 Å². The van der Waals surface area contributed by atoms with Crippen LogP contribution in [0.4, 0.5) is 17.1 Å². The number of rotatable bonds is 5. The molecule has 0 N–H and O–H groups in total. The summed E-state index contributed by atoms with van der Waals surface area (Å²) in [5, 5.41) is 14.4. The van der Waals surface area contributed by atoms with Gasteiger partial charge in [0.15, 0.2) is 0 Å². The normalized spacial score (nSPS) is 11.8. The number of hydrogen-bond donors (Lipinski definition) is 0. The zero-order valence-corrected chi connectivity index (χ0v) is 31.6. The van der Waals surface area contributed by atoms with E-state index in [1.54, 1.807) is 0 Å². The van der Waals surface area contributed by atoms with Gasteiger partial charge in [0.2, 0.25) is 0 Å². The third-order valence-corrected chi connectivity index (χ3v) is 12.0. The first-order valence-corrected chi connectivity index (χ1v) is 19.9. The van der Waals surface area contributed by atoms with E-state index in [1.807, 2.05) is 0 Å². The topological polar surface area (TPSA) is 16.4 Å². The molecule has 0 aliphatic rings. The molecule has 0 saturated carbocycles. The molecule has 0 radical (unpaired) electrons. The van der Waals surface area contributed by atoms with Crippen molar-refractivity contribution in [2.24, 2.45) is 0 Å². The fourth-order valence-electron chi connectivity index (χ4n) is 9.28. The van der Waals surface area contributed by atoms with Crippen molar-refractivity contribution in [1.29, 1.82) is 0 Å². The molecule has 270 valence electrons. The van der Waals surface area contributed by atoms with E-state index in [1.165, 1.54) is 70.7 Å². The number of nitrogens with zero attached hydrogens (tertiary/aromatic N) is 1. The van der Waals surface area contributed by atoms with E-state index in [-0.39, 0.29) is 0 Å². The highest BCUT2D eigenvalue weighted by Crippen LogP contribution is 2.48. The molecule has 0 spiro atoms. The lowest BCUT2D eigenvalue weighted by Crippen LogP contribution is -2.11. The van der Waals surface area contributed by atoms with E-state index in [4.69, 9.17) is 4.42 Å². The van der Waals surface area contributed by atoms with Gasteiger partial charge in [0.25, 0.3) is 0 Å². The molecule has 58 heavy (non-hydrogen) atoms. The van der Waals surface area contributed by atoms with Crippen LogP contribution in [0.1, 0.15) is 0 Å². The van der Waals surface area contributed by atoms with Crippen LogP contribution in [-0.2, 0) is 0 Å². The summed E-state index contributed by atoms with van der Waals surface area (Å²) in [4.78, 5) is 2.45. The minimum Gasteiger partial charge on any atom is -0.456 e. The maximum Gasteiger partial charge on any atom is 0.137 e. The van der Waals surface area contributed by atoms with Gasteiger partial charge < -0.3 is 9.32 Å². The minimum atomic E-state index is 0.862. The van der Waals surface area contributed by atoms with E-state index in [9.17, 15) is 0 Å². The standard InChI is InChI=1S/C56H35NO/c1-2-15-39-35-55-51(32-38(39)14-1)56-52(25-12-26-54(56)58-55)57(43-29-27-37(28-30-43)45-24-11-18-36-13-3-6-19-44(36)45)53-34-42(31-40-16-5-8-21-47(40)53)50-33-41-17-4-7-20-46(41)48-22-9-10-23-49(48)50/h1-35H. The zero-order valence-electron chi connectivity index (χ0n) is 31.6. The smallest absolute Gasteiger partial charge is 0.137 e. The molecular weight excluding hydrogens is 703 g/mol. The Bertz CT molecular complexity index is 3570. The van der Waals surface area contributed by atoms with Crippen molar-refractivity contribution in [2.45, 2.75) is 0 Å². The van der Waals surface area contributed by atoms with Crippen molar-refractivity contribution in [2.75, 3.05) is 4.90 Å². The predicted octanol–water partition coefficient (Wildman–Crippen LogP) is 16.2. The van der Waals surface area contributed by atoms with E-state index >= 15 is 0 Å². The van der Waals surface area contributed by atoms with Gasteiger partial charge in [-0.2, -0.15) is 0 Å². The molecule has 2 nitrogen and oxygen atoms in total. The summed E-state index contributed by atoms with van der Waals surface area (Å²) < 4.78 is 6.68. The molecule has 0 aliphatic heterocycles. The first kappa shape index (κ1) is 32.6. The second-order valence-corrected chi connectivity index (χ2v) is 15.3. The maximum absolute atomic E-state index is 6.68. The molecule has 0 aliphatic carbocycles. The first-order valence-electron chi connectivity index (χ1n) is 19.9. The lowest BCUT2D eigenvalue weighted by Gasteiger charge is -2.28. The SMILES string of the molecule is c1ccc2cc3c(cc2c1)oc1cccc(N(c2ccc(-c4cccc5ccccc45)cc2)c2cc(-c4cc5ccccc5c5ccccc45)cc4ccccc24)c13. The summed E-state index contributed by atoms with van der Waals surface area (Å²) in [5.41, 5.74) is 9.77. The summed E-state index contributed by atoms with van der Waals surface area (Å²) in [7, 11) is 0. The number of anilines is 3. The highest BCUT2D eigenvalue weighted by atomic mass is 16.3. The van der Waals surface area contributed by atoms with Crippen LogP contribution in [0.3, 0.4) is 0 Å². The molecule has 1 heterocycles. The van der Waals surface area contributed by atoms with Crippen molar-refractivity contribution in [3.63, 3.8) is 0 Å². The average Bonchev–Trinajstić information content (AvgIpc) is 3.66. The Morgan fingerprint density at radius 2 is 0.897 bits per heavy atom. The Kier molecular flexibility index (Phi) is 7.26. The van der Waals surface area contributed by atoms with Gasteiger partial charge in [-0.05, 0) is 125 Å². The Hall–Kier alpha value is -7.68. The van der Waals surface area contributed by atoms with Crippen LogP contribution in [0.25, 0.3) is 98.1 Å². The minimum absolute atomic E-state index is 0.862. The lowest BCUT2D eigenvalue weighted by molar-refractivity contribution is 0.669. The van der Waals surface area contributed by atoms with Gasteiger partial charge in [0.05, 0.1) is 16.8 Å². The zero-order chi connectivity index (χ0) is 38.2. The van der Waals surface area contributed by atoms with Gasteiger partial charge in [-0.25, -0.2) is 0 Å². The fourth-order valence-corrected chi connectivity index (χ4v) is 9.28. The first-order chi connectivity index (χ1) is 28.7. The average molecular weight is 738 g/mol. The Morgan fingerprint density at radius 1 is 0.293 bits per heavy atom. The predicted molar refractivity (Wildman–Crippen MR) is 247 cm³/mol. The monoisotopic (exact) mass is 737 g/mol. The molecule has 12 aromatic rings.